The Labute approximate surface area is 185 Å². The SMILES string of the molecule is CC1=C(C(=O)Nc2ccccc2)C(c2cccc(O)c2)n2nc(-c3ccccc3)nc2N1. The molecule has 32 heavy (non-hydrogen) atoms. The number of hydrogen-bond donors (Lipinski definition) is 3. The van der Waals surface area contributed by atoms with E-state index in [9.17, 15) is 9.90 Å². The highest BCUT2D eigenvalue weighted by Crippen LogP contribution is 2.37. The number of phenols is 1. The molecule has 158 valence electrons. The quantitative estimate of drug-likeness (QED) is 0.447. The Balaban J connectivity index is 1.62. The number of carbonyl (C=O) groups is 1. The molecule has 3 N–H and O–H groups in total. The van der Waals surface area contributed by atoms with Gasteiger partial charge in [0.05, 0.1) is 5.57 Å². The Bertz CT molecular complexity index is 1310. The van der Waals surface area contributed by atoms with E-state index in [1.165, 1.54) is 0 Å². The van der Waals surface area contributed by atoms with Crippen LogP contribution in [0.15, 0.2) is 96.2 Å². The van der Waals surface area contributed by atoms with Gasteiger partial charge in [-0.25, -0.2) is 4.68 Å². The van der Waals surface area contributed by atoms with Crippen molar-refractivity contribution in [3.05, 3.63) is 102 Å². The molecular formula is C25H21N5O2. The van der Waals surface area contributed by atoms with Crippen LogP contribution in [0.1, 0.15) is 18.5 Å². The maximum absolute atomic E-state index is 13.4. The molecule has 1 atom stereocenters. The summed E-state index contributed by atoms with van der Waals surface area (Å²) in [7, 11) is 0. The summed E-state index contributed by atoms with van der Waals surface area (Å²) in [4.78, 5) is 18.1. The van der Waals surface area contributed by atoms with Gasteiger partial charge < -0.3 is 15.7 Å². The summed E-state index contributed by atoms with van der Waals surface area (Å²) in [6.45, 7) is 1.84. The van der Waals surface area contributed by atoms with E-state index in [0.717, 1.165) is 11.1 Å². The summed E-state index contributed by atoms with van der Waals surface area (Å²) in [5, 5.41) is 21.0. The summed E-state index contributed by atoms with van der Waals surface area (Å²) >= 11 is 0. The van der Waals surface area contributed by atoms with Crippen molar-refractivity contribution in [1.29, 1.82) is 0 Å². The number of allylic oxidation sites excluding steroid dienone is 1. The molecule has 0 saturated heterocycles. The molecule has 0 saturated carbocycles. The van der Waals surface area contributed by atoms with Crippen molar-refractivity contribution in [3.63, 3.8) is 0 Å². The van der Waals surface area contributed by atoms with Crippen LogP contribution >= 0.6 is 0 Å². The van der Waals surface area contributed by atoms with Gasteiger partial charge in [0.2, 0.25) is 5.95 Å². The van der Waals surface area contributed by atoms with Gasteiger partial charge in [-0.05, 0) is 36.8 Å². The third-order valence-corrected chi connectivity index (χ3v) is 5.35. The number of benzene rings is 3. The molecule has 0 spiro atoms. The smallest absolute Gasteiger partial charge is 0.255 e. The summed E-state index contributed by atoms with van der Waals surface area (Å²) in [6, 6.07) is 25.3. The van der Waals surface area contributed by atoms with Gasteiger partial charge in [0.15, 0.2) is 5.82 Å². The van der Waals surface area contributed by atoms with Crippen LogP contribution < -0.4 is 10.6 Å². The lowest BCUT2D eigenvalue weighted by atomic mass is 9.95. The van der Waals surface area contributed by atoms with Crippen molar-refractivity contribution >= 4 is 17.5 Å². The van der Waals surface area contributed by atoms with E-state index in [0.29, 0.717) is 28.7 Å². The normalized spacial score (nSPS) is 15.1. The average Bonchev–Trinajstić information content (AvgIpc) is 3.23. The fourth-order valence-corrected chi connectivity index (χ4v) is 3.88. The first kappa shape index (κ1) is 19.6. The number of hydrogen-bond acceptors (Lipinski definition) is 5. The molecule has 7 nitrogen and oxygen atoms in total. The summed E-state index contributed by atoms with van der Waals surface area (Å²) in [5.74, 6) is 0.949. The van der Waals surface area contributed by atoms with Gasteiger partial charge in [-0.15, -0.1) is 5.10 Å². The van der Waals surface area contributed by atoms with Gasteiger partial charge in [0, 0.05) is 16.9 Å². The Kier molecular flexibility index (Phi) is 4.91. The fourth-order valence-electron chi connectivity index (χ4n) is 3.88. The highest BCUT2D eigenvalue weighted by Gasteiger charge is 2.34. The lowest BCUT2D eigenvalue weighted by Gasteiger charge is -2.28. The van der Waals surface area contributed by atoms with Crippen molar-refractivity contribution in [2.24, 2.45) is 0 Å². The second-order valence-corrected chi connectivity index (χ2v) is 7.55. The van der Waals surface area contributed by atoms with Crippen molar-refractivity contribution < 1.29 is 9.90 Å². The number of aromatic hydroxyl groups is 1. The Morgan fingerprint density at radius 2 is 1.72 bits per heavy atom. The fraction of sp³-hybridized carbons (Fsp3) is 0.0800. The van der Waals surface area contributed by atoms with Crippen molar-refractivity contribution in [2.45, 2.75) is 13.0 Å². The standard InChI is InChI=1S/C25H21N5O2/c1-16-21(24(32)27-19-12-6-3-7-13-19)22(18-11-8-14-20(31)15-18)30-25(26-16)28-23(29-30)17-9-4-2-5-10-17/h2-15,22,31H,1H3,(H,27,32)(H,26,28,29). The Morgan fingerprint density at radius 3 is 2.44 bits per heavy atom. The van der Waals surface area contributed by atoms with Crippen LogP contribution in [0, 0.1) is 0 Å². The number of rotatable bonds is 4. The first-order chi connectivity index (χ1) is 15.6. The second kappa shape index (κ2) is 8.03. The van der Waals surface area contributed by atoms with E-state index < -0.39 is 6.04 Å². The molecule has 1 amide bonds. The minimum atomic E-state index is -0.563. The number of aromatic nitrogens is 3. The van der Waals surface area contributed by atoms with Gasteiger partial charge in [-0.2, -0.15) is 4.98 Å². The minimum Gasteiger partial charge on any atom is -0.508 e. The average molecular weight is 423 g/mol. The van der Waals surface area contributed by atoms with Gasteiger partial charge in [0.25, 0.3) is 5.91 Å². The topological polar surface area (TPSA) is 92.1 Å². The monoisotopic (exact) mass is 423 g/mol. The number of amides is 1. The molecule has 2 heterocycles. The molecule has 1 aliphatic rings. The number of phenolic OH excluding ortho intramolecular Hbond substituents is 1. The predicted molar refractivity (Wildman–Crippen MR) is 123 cm³/mol. The molecular weight excluding hydrogens is 402 g/mol. The summed E-state index contributed by atoms with van der Waals surface area (Å²) in [5.41, 5.74) is 3.47. The maximum atomic E-state index is 13.4. The molecule has 5 rings (SSSR count). The molecule has 3 aromatic carbocycles. The summed E-state index contributed by atoms with van der Waals surface area (Å²) < 4.78 is 1.70. The van der Waals surface area contributed by atoms with Crippen LogP contribution in [-0.4, -0.2) is 25.8 Å². The van der Waals surface area contributed by atoms with Crippen LogP contribution in [0.5, 0.6) is 5.75 Å². The number of fused-ring (bicyclic) bond motifs is 1. The van der Waals surface area contributed by atoms with Crippen LogP contribution in [0.2, 0.25) is 0 Å². The van der Waals surface area contributed by atoms with Gasteiger partial charge in [0.1, 0.15) is 11.8 Å². The highest BCUT2D eigenvalue weighted by molar-refractivity contribution is 6.06. The van der Waals surface area contributed by atoms with Gasteiger partial charge in [-0.1, -0.05) is 60.7 Å². The minimum absolute atomic E-state index is 0.117. The van der Waals surface area contributed by atoms with Crippen LogP contribution in [0.25, 0.3) is 11.4 Å². The van der Waals surface area contributed by atoms with E-state index in [4.69, 9.17) is 5.10 Å². The van der Waals surface area contributed by atoms with Gasteiger partial charge >= 0.3 is 0 Å². The Morgan fingerprint density at radius 1 is 1.00 bits per heavy atom. The summed E-state index contributed by atoms with van der Waals surface area (Å²) in [6.07, 6.45) is 0. The van der Waals surface area contributed by atoms with E-state index in [2.05, 4.69) is 15.6 Å². The maximum Gasteiger partial charge on any atom is 0.255 e. The van der Waals surface area contributed by atoms with E-state index in [1.54, 1.807) is 22.9 Å². The van der Waals surface area contributed by atoms with Gasteiger partial charge in [-0.3, -0.25) is 4.79 Å². The predicted octanol–water partition coefficient (Wildman–Crippen LogP) is 4.58. The number of para-hydroxylation sites is 1. The Hall–Kier alpha value is -4.39. The zero-order valence-corrected chi connectivity index (χ0v) is 17.4. The second-order valence-electron chi connectivity index (χ2n) is 7.55. The van der Waals surface area contributed by atoms with Crippen molar-refractivity contribution in [2.75, 3.05) is 10.6 Å². The number of anilines is 2. The molecule has 0 aliphatic carbocycles. The van der Waals surface area contributed by atoms with E-state index >= 15 is 0 Å². The number of nitrogens with one attached hydrogen (secondary N) is 2. The third kappa shape index (κ3) is 3.60. The first-order valence-corrected chi connectivity index (χ1v) is 10.3. The molecule has 0 radical (unpaired) electrons. The zero-order chi connectivity index (χ0) is 22.1. The van der Waals surface area contributed by atoms with Crippen LogP contribution in [-0.2, 0) is 4.79 Å². The van der Waals surface area contributed by atoms with Crippen LogP contribution in [0.4, 0.5) is 11.6 Å². The largest absolute Gasteiger partial charge is 0.508 e. The van der Waals surface area contributed by atoms with Crippen LogP contribution in [0.3, 0.4) is 0 Å². The van der Waals surface area contributed by atoms with E-state index in [1.807, 2.05) is 73.7 Å². The van der Waals surface area contributed by atoms with Crippen molar-refractivity contribution in [3.8, 4) is 17.1 Å². The number of nitrogens with zero attached hydrogens (tertiary/aromatic N) is 3. The lowest BCUT2D eigenvalue weighted by Crippen LogP contribution is -2.31. The molecule has 4 aromatic rings. The van der Waals surface area contributed by atoms with E-state index in [-0.39, 0.29) is 11.7 Å². The number of carbonyl (C=O) groups excluding carboxylic acids is 1. The molecule has 1 aliphatic heterocycles. The molecule has 1 aromatic heterocycles. The lowest BCUT2D eigenvalue weighted by molar-refractivity contribution is -0.113. The molecule has 0 bridgehead atoms. The molecule has 0 fully saturated rings. The highest BCUT2D eigenvalue weighted by atomic mass is 16.3. The zero-order valence-electron chi connectivity index (χ0n) is 17.4. The first-order valence-electron chi connectivity index (χ1n) is 10.3. The third-order valence-electron chi connectivity index (χ3n) is 5.35. The van der Waals surface area contributed by atoms with Crippen molar-refractivity contribution in [1.82, 2.24) is 14.8 Å². The molecule has 1 unspecified atom stereocenters. The molecule has 7 heteroatoms.